The van der Waals surface area contributed by atoms with Crippen molar-refractivity contribution >= 4 is 96.2 Å². The maximum absolute atomic E-state index is 13.5. The van der Waals surface area contributed by atoms with Gasteiger partial charge in [0.1, 0.15) is 34.9 Å². The first-order valence-corrected chi connectivity index (χ1v) is 18.3. The number of halogens is 8. The molecule has 0 radical (unpaired) electrons. The summed E-state index contributed by atoms with van der Waals surface area (Å²) in [6.45, 7) is 0.305. The lowest BCUT2D eigenvalue weighted by molar-refractivity contribution is 0.622. The summed E-state index contributed by atoms with van der Waals surface area (Å²) < 4.78 is 57.3. The fraction of sp³-hybridized carbons (Fsp3) is 0.0968. The predicted molar refractivity (Wildman–Crippen MR) is 213 cm³/mol. The summed E-state index contributed by atoms with van der Waals surface area (Å²) in [4.78, 5) is 5.27. The molecule has 4 aromatic carbocycles. The Labute approximate surface area is 342 Å². The zero-order valence-corrected chi connectivity index (χ0v) is 34.7. The molecule has 0 amide bonds. The first-order valence-electron chi connectivity index (χ1n) is 14.0. The molecule has 0 bridgehead atoms. The number of aromatic nitrogens is 8. The van der Waals surface area contributed by atoms with Gasteiger partial charge < -0.3 is 0 Å². The number of hydrogen-bond acceptors (Lipinski definition) is 10. The van der Waals surface area contributed by atoms with Crippen LogP contribution in [0.25, 0.3) is 22.8 Å². The molecule has 0 saturated heterocycles. The number of aliphatic imine (C=N–C) groups is 1. The average molecular weight is 1140 g/mol. The van der Waals surface area contributed by atoms with E-state index < -0.39 is 5.82 Å². The number of nitriles is 1. The normalized spacial score (nSPS) is 11.3. The number of rotatable bonds is 3. The summed E-state index contributed by atoms with van der Waals surface area (Å²) in [7, 11) is 3.32. The molecular weight excluding hydrogens is 1120 g/mol. The van der Waals surface area contributed by atoms with Crippen LogP contribution < -0.4 is 0 Å². The molecule has 0 atom stereocenters. The Morgan fingerprint density at radius 1 is 0.667 bits per heavy atom. The van der Waals surface area contributed by atoms with Crippen LogP contribution in [0.2, 0.25) is 0 Å². The van der Waals surface area contributed by atoms with Gasteiger partial charge in [-0.2, -0.15) is 15.2 Å². The highest BCUT2D eigenvalue weighted by Crippen LogP contribution is 2.26. The summed E-state index contributed by atoms with van der Waals surface area (Å²) in [6, 6.07) is 20.9. The monoisotopic (exact) mass is 1140 g/mol. The molecule has 1 aliphatic rings. The molecule has 2 aromatic heterocycles. The van der Waals surface area contributed by atoms with Gasteiger partial charge in [-0.3, -0.25) is 0 Å². The highest BCUT2D eigenvalue weighted by Gasteiger charge is 2.16. The van der Waals surface area contributed by atoms with Gasteiger partial charge >= 0.3 is 0 Å². The Hall–Kier alpha value is -3.58. The average Bonchev–Trinajstić information content (AvgIpc) is 3.86. The fourth-order valence-electron chi connectivity index (χ4n) is 3.92. The van der Waals surface area contributed by atoms with E-state index in [1.807, 2.05) is 57.3 Å². The van der Waals surface area contributed by atoms with Crippen molar-refractivity contribution in [1.29, 1.82) is 5.26 Å². The molecular formula is C31H20F4I4N12. The lowest BCUT2D eigenvalue weighted by Crippen LogP contribution is -2.01. The Morgan fingerprint density at radius 3 is 1.61 bits per heavy atom. The molecule has 0 unspecified atom stereocenters. The van der Waals surface area contributed by atoms with Crippen LogP contribution in [0.1, 0.15) is 11.1 Å². The van der Waals surface area contributed by atoms with Crippen LogP contribution in [0, 0.1) is 48.9 Å². The van der Waals surface area contributed by atoms with Crippen molar-refractivity contribution in [3.8, 4) is 28.8 Å². The minimum atomic E-state index is -0.450. The zero-order chi connectivity index (χ0) is 37.1. The number of amidine groups is 1. The number of benzene rings is 4. The molecule has 7 rings (SSSR count). The van der Waals surface area contributed by atoms with E-state index in [9.17, 15) is 17.6 Å². The van der Waals surface area contributed by atoms with Crippen molar-refractivity contribution in [2.75, 3.05) is 6.67 Å². The molecule has 0 fully saturated rings. The van der Waals surface area contributed by atoms with E-state index in [0.717, 1.165) is 10.7 Å². The van der Waals surface area contributed by atoms with Gasteiger partial charge in [-0.1, -0.05) is 24.3 Å². The van der Waals surface area contributed by atoms with E-state index in [2.05, 4.69) is 91.3 Å². The molecule has 51 heavy (non-hydrogen) atoms. The van der Waals surface area contributed by atoms with Gasteiger partial charge in [-0.05, 0) is 155 Å². The Balaban J connectivity index is 0.000000154. The lowest BCUT2D eigenvalue weighted by atomic mass is 10.2. The second-order valence-corrected chi connectivity index (χ2v) is 14.2. The van der Waals surface area contributed by atoms with Crippen LogP contribution in [0.5, 0.6) is 0 Å². The van der Waals surface area contributed by atoms with Crippen LogP contribution in [0.15, 0.2) is 88.0 Å². The minimum Gasteiger partial charge on any atom is -0.239 e. The molecule has 0 N–H and O–H groups in total. The second-order valence-electron chi connectivity index (χ2n) is 9.59. The molecule has 260 valence electrons. The van der Waals surface area contributed by atoms with E-state index in [1.54, 1.807) is 56.6 Å². The molecule has 0 spiro atoms. The topological polar surface area (TPSA) is 148 Å². The lowest BCUT2D eigenvalue weighted by Gasteiger charge is -2.02. The molecule has 1 aliphatic heterocycles. The van der Waals surface area contributed by atoms with Crippen molar-refractivity contribution in [3.63, 3.8) is 0 Å². The van der Waals surface area contributed by atoms with Crippen molar-refractivity contribution in [1.82, 2.24) is 40.4 Å². The third-order valence-electron chi connectivity index (χ3n) is 6.21. The molecule has 3 heterocycles. The second kappa shape index (κ2) is 19.3. The smallest absolute Gasteiger partial charge is 0.208 e. The van der Waals surface area contributed by atoms with Crippen LogP contribution in [-0.4, -0.2) is 52.9 Å². The first-order chi connectivity index (χ1) is 24.4. The number of tetrazole rings is 2. The summed E-state index contributed by atoms with van der Waals surface area (Å²) in [6.07, 6.45) is 0. The largest absolute Gasteiger partial charge is 0.239 e. The predicted octanol–water partition coefficient (Wildman–Crippen LogP) is 8.14. The highest BCUT2D eigenvalue weighted by atomic mass is 127. The maximum atomic E-state index is 13.5. The molecule has 6 aromatic rings. The van der Waals surface area contributed by atoms with E-state index >= 15 is 0 Å². The highest BCUT2D eigenvalue weighted by molar-refractivity contribution is 14.1. The third-order valence-corrected chi connectivity index (χ3v) is 9.81. The van der Waals surface area contributed by atoms with Gasteiger partial charge in [0.05, 0.1) is 23.7 Å². The van der Waals surface area contributed by atoms with E-state index in [0.29, 0.717) is 44.4 Å². The fourth-order valence-corrected chi connectivity index (χ4v) is 6.63. The van der Waals surface area contributed by atoms with Crippen LogP contribution >= 0.6 is 90.4 Å². The van der Waals surface area contributed by atoms with Gasteiger partial charge in [0.25, 0.3) is 0 Å². The van der Waals surface area contributed by atoms with Crippen molar-refractivity contribution in [2.24, 2.45) is 29.3 Å². The van der Waals surface area contributed by atoms with Crippen molar-refractivity contribution < 1.29 is 17.6 Å². The molecule has 0 aliphatic carbocycles. The first kappa shape index (κ1) is 40.2. The standard InChI is InChI=1S/2C8H6FIN4.C8H5FIN3.C7H3FIN/c1-14-8(11-12-13-14)7-5(9)3-2-4-6(7)10;1-14-12-8(11-13-14)7-5(9)3-2-4-6(7)10;9-5-2-1-3-6(10)7(5)8-11-4-12-13-8;8-6-2-1-3-7(9)5(6)4-10/h2*2-4H,1H3;1-3H,4H2;1-3H. The van der Waals surface area contributed by atoms with Gasteiger partial charge in [0.2, 0.25) is 5.82 Å². The Bertz CT molecular complexity index is 2170. The van der Waals surface area contributed by atoms with Crippen LogP contribution in [0.4, 0.5) is 17.6 Å². The number of hydrogen-bond donors (Lipinski definition) is 0. The number of azo groups is 1. The van der Waals surface area contributed by atoms with Gasteiger partial charge in [-0.15, -0.1) is 20.4 Å². The minimum absolute atomic E-state index is 0.128. The van der Waals surface area contributed by atoms with E-state index in [1.165, 1.54) is 33.7 Å². The molecule has 0 saturated carbocycles. The van der Waals surface area contributed by atoms with Gasteiger partial charge in [0, 0.05) is 21.3 Å². The van der Waals surface area contributed by atoms with Crippen LogP contribution in [-0.2, 0) is 14.1 Å². The van der Waals surface area contributed by atoms with Crippen molar-refractivity contribution in [2.45, 2.75) is 0 Å². The summed E-state index contributed by atoms with van der Waals surface area (Å²) in [5.41, 5.74) is 1.43. The summed E-state index contributed by atoms with van der Waals surface area (Å²) >= 11 is 8.07. The van der Waals surface area contributed by atoms with E-state index in [4.69, 9.17) is 5.26 Å². The number of nitrogens with zero attached hydrogens (tertiary/aromatic N) is 12. The van der Waals surface area contributed by atoms with Gasteiger partial charge in [0.15, 0.2) is 18.3 Å². The quantitative estimate of drug-likeness (QED) is 0.128. The Kier molecular flexibility index (Phi) is 15.2. The zero-order valence-electron chi connectivity index (χ0n) is 26.0. The summed E-state index contributed by atoms with van der Waals surface area (Å²) in [5, 5.41) is 38.1. The molecule has 20 heteroatoms. The van der Waals surface area contributed by atoms with Gasteiger partial charge in [-0.25, -0.2) is 27.2 Å². The number of aryl methyl sites for hydroxylation is 2. The van der Waals surface area contributed by atoms with E-state index in [-0.39, 0.29) is 23.0 Å². The Morgan fingerprint density at radius 2 is 1.20 bits per heavy atom. The summed E-state index contributed by atoms with van der Waals surface area (Å²) in [5.74, 6) is -0.245. The molecule has 12 nitrogen and oxygen atoms in total. The van der Waals surface area contributed by atoms with Crippen LogP contribution in [0.3, 0.4) is 0 Å². The van der Waals surface area contributed by atoms with Crippen molar-refractivity contribution in [3.05, 3.63) is 121 Å². The maximum Gasteiger partial charge on any atom is 0.208 e. The third kappa shape index (κ3) is 10.7. The SMILES string of the molecule is Cn1nnc(-c2c(F)cccc2I)n1.Cn1nnnc1-c1c(F)cccc1I.Fc1cccc(I)c1C1=NCN=N1.N#Cc1c(F)cccc1I.